The smallest absolute Gasteiger partial charge is 0.166 e. The molecule has 4 nitrogen and oxygen atoms in total. The minimum absolute atomic E-state index is 0.0167. The molecule has 1 N–H and O–H groups in total. The number of nitrogens with zero attached hydrogens (tertiary/aromatic N) is 3. The maximum Gasteiger partial charge on any atom is 0.166 e. The van der Waals surface area contributed by atoms with Gasteiger partial charge in [0.2, 0.25) is 0 Å². The van der Waals surface area contributed by atoms with E-state index in [0.717, 1.165) is 0 Å². The Morgan fingerprint density at radius 1 is 1.11 bits per heavy atom. The molecule has 0 aliphatic rings. The van der Waals surface area contributed by atoms with Crippen molar-refractivity contribution in [1.29, 1.82) is 15.8 Å². The normalized spacial score (nSPS) is 8.67. The van der Waals surface area contributed by atoms with Crippen molar-refractivity contribution >= 4 is 28.9 Å². The zero-order chi connectivity index (χ0) is 13.7. The molecule has 1 rings (SSSR count). The number of halogens is 3. The van der Waals surface area contributed by atoms with Crippen LogP contribution in [-0.4, -0.2) is 0 Å². The molecule has 0 radical (unpaired) electrons. The summed E-state index contributed by atoms with van der Waals surface area (Å²) in [5.74, 6) is -0.868. The van der Waals surface area contributed by atoms with E-state index in [4.69, 9.17) is 39.0 Å². The Bertz CT molecular complexity index is 631. The van der Waals surface area contributed by atoms with Gasteiger partial charge in [-0.05, 0) is 12.1 Å². The molecule has 7 heteroatoms. The second kappa shape index (κ2) is 5.89. The third-order valence-corrected chi connectivity index (χ3v) is 2.66. The van der Waals surface area contributed by atoms with Crippen molar-refractivity contribution in [1.82, 2.24) is 0 Å². The highest BCUT2D eigenvalue weighted by Crippen LogP contribution is 2.30. The first-order valence-electron chi connectivity index (χ1n) is 4.40. The molecule has 0 aliphatic heterocycles. The van der Waals surface area contributed by atoms with Crippen LogP contribution in [0.4, 0.5) is 10.1 Å². The largest absolute Gasteiger partial charge is 0.343 e. The van der Waals surface area contributed by atoms with Crippen LogP contribution in [0.1, 0.15) is 0 Å². The first-order valence-corrected chi connectivity index (χ1v) is 5.15. The Morgan fingerprint density at radius 2 is 1.72 bits per heavy atom. The monoisotopic (exact) mass is 280 g/mol. The van der Waals surface area contributed by atoms with Crippen LogP contribution < -0.4 is 5.32 Å². The minimum Gasteiger partial charge on any atom is -0.343 e. The zero-order valence-electron chi connectivity index (χ0n) is 8.63. The van der Waals surface area contributed by atoms with Crippen molar-refractivity contribution < 1.29 is 4.39 Å². The highest BCUT2D eigenvalue weighted by molar-refractivity contribution is 6.42. The van der Waals surface area contributed by atoms with Crippen LogP contribution in [0.25, 0.3) is 0 Å². The second-order valence-corrected chi connectivity index (χ2v) is 3.72. The van der Waals surface area contributed by atoms with Gasteiger partial charge in [-0.1, -0.05) is 23.2 Å². The summed E-state index contributed by atoms with van der Waals surface area (Å²) in [6.45, 7) is 0. The lowest BCUT2D eigenvalue weighted by atomic mass is 10.2. The number of hydrogen-bond donors (Lipinski definition) is 1. The molecule has 0 fully saturated rings. The molecule has 0 bridgehead atoms. The number of nitriles is 3. The van der Waals surface area contributed by atoms with Crippen molar-refractivity contribution in [2.75, 3.05) is 5.32 Å². The third-order valence-electron chi connectivity index (χ3n) is 1.88. The Morgan fingerprint density at radius 3 is 2.22 bits per heavy atom. The number of rotatable bonds is 2. The van der Waals surface area contributed by atoms with E-state index in [0.29, 0.717) is 0 Å². The molecule has 88 valence electrons. The number of anilines is 1. The Balaban J connectivity index is 3.26. The molecule has 0 unspecified atom stereocenters. The average molecular weight is 281 g/mol. The maximum atomic E-state index is 13.7. The number of benzene rings is 1. The standard InChI is InChI=1S/C11H3Cl2FN4/c12-7-1-2-8(11(14)10(7)13)18-9(5-17)6(3-15)4-16/h1-2,18H. The molecule has 0 saturated carbocycles. The van der Waals surface area contributed by atoms with E-state index in [2.05, 4.69) is 5.32 Å². The number of allylic oxidation sites excluding steroid dienone is 2. The van der Waals surface area contributed by atoms with Gasteiger partial charge in [-0.2, -0.15) is 15.8 Å². The summed E-state index contributed by atoms with van der Waals surface area (Å²) in [6.07, 6.45) is 0. The number of nitrogens with one attached hydrogen (secondary N) is 1. The van der Waals surface area contributed by atoms with Gasteiger partial charge in [0, 0.05) is 0 Å². The Hall–Kier alpha value is -2.26. The molecular formula is C11H3Cl2FN4. The van der Waals surface area contributed by atoms with E-state index in [1.54, 1.807) is 6.07 Å². The van der Waals surface area contributed by atoms with Gasteiger partial charge >= 0.3 is 0 Å². The van der Waals surface area contributed by atoms with Crippen LogP contribution >= 0.6 is 23.2 Å². The molecule has 18 heavy (non-hydrogen) atoms. The molecule has 0 heterocycles. The van der Waals surface area contributed by atoms with Gasteiger partial charge in [0.05, 0.1) is 15.7 Å². The topological polar surface area (TPSA) is 83.4 Å². The van der Waals surface area contributed by atoms with Crippen LogP contribution in [0.5, 0.6) is 0 Å². The van der Waals surface area contributed by atoms with Gasteiger partial charge in [-0.3, -0.25) is 0 Å². The predicted octanol–water partition coefficient (Wildman–Crippen LogP) is 3.37. The predicted molar refractivity (Wildman–Crippen MR) is 63.9 cm³/mol. The first-order chi connectivity index (χ1) is 8.54. The molecule has 1 aromatic carbocycles. The molecule has 0 spiro atoms. The lowest BCUT2D eigenvalue weighted by Crippen LogP contribution is -2.03. The summed E-state index contributed by atoms with van der Waals surface area (Å²) in [6, 6.07) is 7.20. The molecule has 0 aromatic heterocycles. The highest BCUT2D eigenvalue weighted by Gasteiger charge is 2.13. The quantitative estimate of drug-likeness (QED) is 0.665. The summed E-state index contributed by atoms with van der Waals surface area (Å²) in [7, 11) is 0. The summed E-state index contributed by atoms with van der Waals surface area (Å²) in [5, 5.41) is 28.0. The van der Waals surface area contributed by atoms with Crippen LogP contribution in [-0.2, 0) is 0 Å². The van der Waals surface area contributed by atoms with Crippen LogP contribution in [0.15, 0.2) is 23.4 Å². The summed E-state index contributed by atoms with van der Waals surface area (Å²) >= 11 is 11.2. The summed E-state index contributed by atoms with van der Waals surface area (Å²) in [4.78, 5) is 0. The molecule has 1 aromatic rings. The van der Waals surface area contributed by atoms with E-state index >= 15 is 0 Å². The van der Waals surface area contributed by atoms with Crippen LogP contribution in [0, 0.1) is 39.8 Å². The third kappa shape index (κ3) is 2.70. The van der Waals surface area contributed by atoms with E-state index in [-0.39, 0.29) is 21.4 Å². The Kier molecular flexibility index (Phi) is 4.52. The maximum absolute atomic E-state index is 13.7. The fourth-order valence-corrected chi connectivity index (χ4v) is 1.35. The highest BCUT2D eigenvalue weighted by atomic mass is 35.5. The van der Waals surface area contributed by atoms with Crippen molar-refractivity contribution in [3.63, 3.8) is 0 Å². The molecule has 0 aliphatic carbocycles. The molecule has 0 atom stereocenters. The van der Waals surface area contributed by atoms with E-state index in [1.807, 2.05) is 0 Å². The molecule has 0 amide bonds. The fourth-order valence-electron chi connectivity index (χ4n) is 1.04. The minimum atomic E-state index is -0.868. The fraction of sp³-hybridized carbons (Fsp3) is 0. The van der Waals surface area contributed by atoms with Gasteiger partial charge in [0.25, 0.3) is 0 Å². The summed E-state index contributed by atoms with van der Waals surface area (Å²) < 4.78 is 13.7. The van der Waals surface area contributed by atoms with E-state index < -0.39 is 11.4 Å². The first kappa shape index (κ1) is 13.8. The average Bonchev–Trinajstić information content (AvgIpc) is 2.38. The van der Waals surface area contributed by atoms with E-state index in [1.165, 1.54) is 24.3 Å². The van der Waals surface area contributed by atoms with Gasteiger partial charge in [-0.25, -0.2) is 4.39 Å². The number of hydrogen-bond acceptors (Lipinski definition) is 4. The van der Waals surface area contributed by atoms with Gasteiger partial charge in [-0.15, -0.1) is 0 Å². The lowest BCUT2D eigenvalue weighted by molar-refractivity contribution is 0.632. The van der Waals surface area contributed by atoms with Crippen molar-refractivity contribution in [2.45, 2.75) is 0 Å². The van der Waals surface area contributed by atoms with Gasteiger partial charge < -0.3 is 5.32 Å². The lowest BCUT2D eigenvalue weighted by Gasteiger charge is -2.07. The molecular weight excluding hydrogens is 278 g/mol. The van der Waals surface area contributed by atoms with Crippen molar-refractivity contribution in [3.8, 4) is 18.2 Å². The second-order valence-electron chi connectivity index (χ2n) is 2.93. The van der Waals surface area contributed by atoms with Gasteiger partial charge in [0.1, 0.15) is 23.9 Å². The van der Waals surface area contributed by atoms with Crippen LogP contribution in [0.3, 0.4) is 0 Å². The zero-order valence-corrected chi connectivity index (χ0v) is 10.1. The molecule has 0 saturated heterocycles. The van der Waals surface area contributed by atoms with Gasteiger partial charge in [0.15, 0.2) is 11.4 Å². The summed E-state index contributed by atoms with van der Waals surface area (Å²) in [5.41, 5.74) is -0.968. The SMILES string of the molecule is N#CC(C#N)=C(C#N)Nc1ccc(Cl)c(Cl)c1F. The Labute approximate surface area is 112 Å². The van der Waals surface area contributed by atoms with E-state index in [9.17, 15) is 4.39 Å². The van der Waals surface area contributed by atoms with Crippen molar-refractivity contribution in [3.05, 3.63) is 39.3 Å². The van der Waals surface area contributed by atoms with Crippen LogP contribution in [0.2, 0.25) is 10.0 Å². The van der Waals surface area contributed by atoms with Crippen molar-refractivity contribution in [2.24, 2.45) is 0 Å².